The Labute approximate surface area is 152 Å². The third kappa shape index (κ3) is 4.08. The number of hydrogen-bond donors (Lipinski definition) is 1. The lowest BCUT2D eigenvalue weighted by Gasteiger charge is -2.23. The molecule has 0 saturated heterocycles. The van der Waals surface area contributed by atoms with Gasteiger partial charge >= 0.3 is 5.97 Å². The number of carboxylic acid groups (broad SMARTS) is 1. The molecule has 0 amide bonds. The molecule has 1 N–H and O–H groups in total. The normalized spacial score (nSPS) is 16.8. The molecule has 0 saturated carbocycles. The van der Waals surface area contributed by atoms with Gasteiger partial charge in [-0.15, -0.1) is 0 Å². The van der Waals surface area contributed by atoms with Crippen molar-refractivity contribution in [3.63, 3.8) is 0 Å². The first-order chi connectivity index (χ1) is 12.6. The highest BCUT2D eigenvalue weighted by Crippen LogP contribution is 2.30. The van der Waals surface area contributed by atoms with E-state index in [4.69, 9.17) is 19.0 Å². The van der Waals surface area contributed by atoms with Gasteiger partial charge in [0.2, 0.25) is 5.76 Å². The fourth-order valence-electron chi connectivity index (χ4n) is 3.07. The molecule has 1 aromatic carbocycles. The highest BCUT2D eigenvalue weighted by atomic mass is 16.5. The lowest BCUT2D eigenvalue weighted by molar-refractivity contribution is 0.0658. The van der Waals surface area contributed by atoms with Gasteiger partial charge in [-0.25, -0.2) is 4.79 Å². The lowest BCUT2D eigenvalue weighted by atomic mass is 10.1. The molecule has 26 heavy (non-hydrogen) atoms. The summed E-state index contributed by atoms with van der Waals surface area (Å²) in [7, 11) is 1.60. The minimum absolute atomic E-state index is 0.101. The lowest BCUT2D eigenvalue weighted by Crippen LogP contribution is -2.28. The van der Waals surface area contributed by atoms with E-state index < -0.39 is 5.97 Å². The van der Waals surface area contributed by atoms with E-state index in [2.05, 4.69) is 24.0 Å². The molecule has 0 bridgehead atoms. The van der Waals surface area contributed by atoms with Crippen molar-refractivity contribution in [2.45, 2.75) is 32.5 Å². The summed E-state index contributed by atoms with van der Waals surface area (Å²) in [5, 5.41) is 8.89. The maximum absolute atomic E-state index is 10.9. The molecule has 0 aliphatic carbocycles. The van der Waals surface area contributed by atoms with Crippen LogP contribution in [0, 0.1) is 0 Å². The van der Waals surface area contributed by atoms with Crippen molar-refractivity contribution in [2.75, 3.05) is 13.7 Å². The summed E-state index contributed by atoms with van der Waals surface area (Å²) in [6, 6.07) is 9.36. The van der Waals surface area contributed by atoms with Gasteiger partial charge in [0.05, 0.1) is 7.11 Å². The van der Waals surface area contributed by atoms with E-state index in [9.17, 15) is 4.79 Å². The monoisotopic (exact) mass is 357 g/mol. The maximum Gasteiger partial charge on any atom is 0.371 e. The molecule has 0 spiro atoms. The molecular weight excluding hydrogens is 334 g/mol. The Morgan fingerprint density at radius 2 is 2.15 bits per heavy atom. The minimum atomic E-state index is -1.10. The molecule has 1 aromatic heterocycles. The van der Waals surface area contributed by atoms with Crippen molar-refractivity contribution in [1.82, 2.24) is 4.90 Å². The molecule has 3 rings (SSSR count). The van der Waals surface area contributed by atoms with E-state index in [0.717, 1.165) is 25.1 Å². The number of ether oxygens (including phenoxy) is 2. The smallest absolute Gasteiger partial charge is 0.371 e. The number of carboxylic acids is 1. The van der Waals surface area contributed by atoms with E-state index in [-0.39, 0.29) is 12.4 Å². The molecule has 6 heteroatoms. The summed E-state index contributed by atoms with van der Waals surface area (Å²) in [5.74, 6) is 0.488. The van der Waals surface area contributed by atoms with Crippen molar-refractivity contribution in [3.8, 4) is 11.5 Å². The van der Waals surface area contributed by atoms with Gasteiger partial charge in [0, 0.05) is 19.1 Å². The van der Waals surface area contributed by atoms with Crippen LogP contribution >= 0.6 is 0 Å². The Kier molecular flexibility index (Phi) is 5.63. The average Bonchev–Trinajstić information content (AvgIpc) is 3.29. The van der Waals surface area contributed by atoms with Gasteiger partial charge in [-0.1, -0.05) is 25.1 Å². The second-order valence-corrected chi connectivity index (χ2v) is 6.18. The van der Waals surface area contributed by atoms with E-state index in [1.807, 2.05) is 18.2 Å². The van der Waals surface area contributed by atoms with E-state index in [0.29, 0.717) is 23.3 Å². The molecule has 2 aromatic rings. The molecule has 1 unspecified atom stereocenters. The molecule has 1 aliphatic heterocycles. The molecule has 6 nitrogen and oxygen atoms in total. The van der Waals surface area contributed by atoms with Crippen LogP contribution in [0.3, 0.4) is 0 Å². The van der Waals surface area contributed by atoms with Crippen LogP contribution in [0.4, 0.5) is 0 Å². The van der Waals surface area contributed by atoms with Gasteiger partial charge in [-0.3, -0.25) is 4.90 Å². The number of hydrogen-bond acceptors (Lipinski definition) is 5. The molecule has 0 radical (unpaired) electrons. The Bertz CT molecular complexity index is 795. The van der Waals surface area contributed by atoms with Crippen LogP contribution in [0.15, 0.2) is 46.9 Å². The number of nitrogens with zero attached hydrogens (tertiary/aromatic N) is 1. The highest BCUT2D eigenvalue weighted by molar-refractivity contribution is 5.84. The first-order valence-electron chi connectivity index (χ1n) is 8.63. The van der Waals surface area contributed by atoms with Gasteiger partial charge in [0.25, 0.3) is 0 Å². The molecule has 1 aliphatic rings. The highest BCUT2D eigenvalue weighted by Gasteiger charge is 2.18. The van der Waals surface area contributed by atoms with Gasteiger partial charge in [-0.05, 0) is 36.2 Å². The second kappa shape index (κ2) is 8.10. The van der Waals surface area contributed by atoms with Crippen LogP contribution in [0.1, 0.15) is 35.2 Å². The fraction of sp³-hybridized carbons (Fsp3) is 0.350. The van der Waals surface area contributed by atoms with Crippen molar-refractivity contribution in [3.05, 3.63) is 59.6 Å². The molecule has 0 fully saturated rings. The molecular formula is C20H23NO5. The third-order valence-electron chi connectivity index (χ3n) is 4.44. The number of methoxy groups -OCH3 is 1. The predicted molar refractivity (Wildman–Crippen MR) is 96.6 cm³/mol. The van der Waals surface area contributed by atoms with Gasteiger partial charge < -0.3 is 19.0 Å². The average molecular weight is 357 g/mol. The van der Waals surface area contributed by atoms with E-state index >= 15 is 0 Å². The van der Waals surface area contributed by atoms with Crippen LogP contribution in [0.2, 0.25) is 0 Å². The summed E-state index contributed by atoms with van der Waals surface area (Å²) in [6.07, 6.45) is 5.55. The number of benzene rings is 1. The quantitative estimate of drug-likeness (QED) is 0.726. The Hall–Kier alpha value is -2.73. The summed E-state index contributed by atoms with van der Waals surface area (Å²) in [4.78, 5) is 13.3. The SMILES string of the molecule is CCC1C=CCN1Cc1ccc(OCc2ccc(C(=O)O)o2)c(OC)c1. The summed E-state index contributed by atoms with van der Waals surface area (Å²) >= 11 is 0. The molecule has 1 atom stereocenters. The first-order valence-corrected chi connectivity index (χ1v) is 8.63. The Morgan fingerprint density at radius 1 is 1.31 bits per heavy atom. The number of rotatable bonds is 8. The van der Waals surface area contributed by atoms with E-state index in [1.165, 1.54) is 6.07 Å². The van der Waals surface area contributed by atoms with Crippen LogP contribution in [-0.2, 0) is 13.2 Å². The Balaban J connectivity index is 1.65. The molecule has 2 heterocycles. The minimum Gasteiger partial charge on any atom is -0.493 e. The van der Waals surface area contributed by atoms with Crippen molar-refractivity contribution >= 4 is 5.97 Å². The summed E-state index contributed by atoms with van der Waals surface area (Å²) < 4.78 is 16.4. The van der Waals surface area contributed by atoms with Crippen LogP contribution < -0.4 is 9.47 Å². The topological polar surface area (TPSA) is 72.1 Å². The Morgan fingerprint density at radius 3 is 2.85 bits per heavy atom. The third-order valence-corrected chi connectivity index (χ3v) is 4.44. The van der Waals surface area contributed by atoms with Crippen molar-refractivity contribution in [1.29, 1.82) is 0 Å². The standard InChI is InChI=1S/C20H23NO5/c1-3-15-5-4-10-21(15)12-14-6-8-17(19(11-14)24-2)25-13-16-7-9-18(26-16)20(22)23/h4-9,11,15H,3,10,12-13H2,1-2H3,(H,22,23). The van der Waals surface area contributed by atoms with Crippen molar-refractivity contribution in [2.24, 2.45) is 0 Å². The zero-order chi connectivity index (χ0) is 18.5. The van der Waals surface area contributed by atoms with Gasteiger partial charge in [0.15, 0.2) is 11.5 Å². The largest absolute Gasteiger partial charge is 0.493 e. The number of furan rings is 1. The molecule has 138 valence electrons. The zero-order valence-corrected chi connectivity index (χ0v) is 15.0. The maximum atomic E-state index is 10.9. The van der Waals surface area contributed by atoms with Crippen LogP contribution in [0.25, 0.3) is 0 Å². The van der Waals surface area contributed by atoms with Gasteiger partial charge in [0.1, 0.15) is 12.4 Å². The van der Waals surface area contributed by atoms with Crippen molar-refractivity contribution < 1.29 is 23.8 Å². The fourth-order valence-corrected chi connectivity index (χ4v) is 3.07. The second-order valence-electron chi connectivity index (χ2n) is 6.18. The van der Waals surface area contributed by atoms with Crippen LogP contribution in [0.5, 0.6) is 11.5 Å². The number of carbonyl (C=O) groups is 1. The predicted octanol–water partition coefficient (Wildman–Crippen LogP) is 3.72. The van der Waals surface area contributed by atoms with E-state index in [1.54, 1.807) is 13.2 Å². The summed E-state index contributed by atoms with van der Waals surface area (Å²) in [5.41, 5.74) is 1.16. The van der Waals surface area contributed by atoms with Gasteiger partial charge in [-0.2, -0.15) is 0 Å². The zero-order valence-electron chi connectivity index (χ0n) is 15.0. The number of aromatic carboxylic acids is 1. The first kappa shape index (κ1) is 18.1. The summed E-state index contributed by atoms with van der Waals surface area (Å²) in [6.45, 7) is 4.14. The van der Waals surface area contributed by atoms with Crippen LogP contribution in [-0.4, -0.2) is 35.7 Å².